The van der Waals surface area contributed by atoms with E-state index in [4.69, 9.17) is 27.9 Å². The summed E-state index contributed by atoms with van der Waals surface area (Å²) in [6.07, 6.45) is 0.974. The number of piperazine rings is 1. The summed E-state index contributed by atoms with van der Waals surface area (Å²) >= 11 is 12.1. The lowest BCUT2D eigenvalue weighted by Gasteiger charge is -2.36. The molecule has 0 aliphatic carbocycles. The first-order chi connectivity index (χ1) is 14.1. The summed E-state index contributed by atoms with van der Waals surface area (Å²) in [5.41, 5.74) is 1.20. The third-order valence-electron chi connectivity index (χ3n) is 4.81. The van der Waals surface area contributed by atoms with Gasteiger partial charge in [0.2, 0.25) is 0 Å². The van der Waals surface area contributed by atoms with Gasteiger partial charge in [0.15, 0.2) is 9.84 Å². The normalized spacial score (nSPS) is 14.9. The van der Waals surface area contributed by atoms with Gasteiger partial charge in [-0.25, -0.2) is 8.42 Å². The van der Waals surface area contributed by atoms with Crippen LogP contribution >= 0.6 is 23.2 Å². The standard InChI is InChI=1S/C21H24Cl2N2O4S/c1-14(2)29-20-7-5-16(30(3,27)28)13-17(20)21(26)25-10-8-24(9-11-25)15-4-6-18(22)19(23)12-15/h4-7,12-14H,8-11H2,1-3H3. The van der Waals surface area contributed by atoms with Gasteiger partial charge in [-0.05, 0) is 50.2 Å². The predicted molar refractivity (Wildman–Crippen MR) is 120 cm³/mol. The Kier molecular flexibility index (Phi) is 6.84. The van der Waals surface area contributed by atoms with Crippen LogP contribution in [0.4, 0.5) is 5.69 Å². The van der Waals surface area contributed by atoms with Gasteiger partial charge < -0.3 is 14.5 Å². The minimum absolute atomic E-state index is 0.0939. The second kappa shape index (κ2) is 9.04. The smallest absolute Gasteiger partial charge is 0.257 e. The lowest BCUT2D eigenvalue weighted by molar-refractivity contribution is 0.0740. The van der Waals surface area contributed by atoms with E-state index in [-0.39, 0.29) is 22.5 Å². The zero-order chi connectivity index (χ0) is 22.1. The summed E-state index contributed by atoms with van der Waals surface area (Å²) in [7, 11) is -3.45. The summed E-state index contributed by atoms with van der Waals surface area (Å²) in [5.74, 6) is 0.138. The Bertz CT molecular complexity index is 1050. The first kappa shape index (κ1) is 22.7. The molecule has 0 spiro atoms. The zero-order valence-electron chi connectivity index (χ0n) is 17.1. The van der Waals surface area contributed by atoms with Crippen LogP contribution in [0.25, 0.3) is 0 Å². The molecule has 0 aromatic heterocycles. The SMILES string of the molecule is CC(C)Oc1ccc(S(C)(=O)=O)cc1C(=O)N1CCN(c2ccc(Cl)c(Cl)c2)CC1. The Hall–Kier alpha value is -1.96. The van der Waals surface area contributed by atoms with Crippen LogP contribution in [0, 0.1) is 0 Å². The molecular formula is C21H24Cl2N2O4S. The largest absolute Gasteiger partial charge is 0.490 e. The third-order valence-corrected chi connectivity index (χ3v) is 6.66. The number of ether oxygens (including phenoxy) is 1. The number of carbonyl (C=O) groups is 1. The van der Waals surface area contributed by atoms with E-state index >= 15 is 0 Å². The highest BCUT2D eigenvalue weighted by atomic mass is 35.5. The van der Waals surface area contributed by atoms with Crippen molar-refractivity contribution in [3.05, 3.63) is 52.0 Å². The van der Waals surface area contributed by atoms with E-state index in [9.17, 15) is 13.2 Å². The van der Waals surface area contributed by atoms with Crippen molar-refractivity contribution in [2.24, 2.45) is 0 Å². The van der Waals surface area contributed by atoms with Crippen molar-refractivity contribution >= 4 is 44.6 Å². The molecule has 9 heteroatoms. The van der Waals surface area contributed by atoms with E-state index in [2.05, 4.69) is 4.90 Å². The monoisotopic (exact) mass is 470 g/mol. The molecule has 0 N–H and O–H groups in total. The van der Waals surface area contributed by atoms with Crippen LogP contribution in [0.2, 0.25) is 10.0 Å². The predicted octanol–water partition coefficient (Wildman–Crippen LogP) is 4.15. The Balaban J connectivity index is 1.80. The molecule has 1 aliphatic rings. The average Bonchev–Trinajstić information content (AvgIpc) is 2.69. The Labute approximate surface area is 187 Å². The topological polar surface area (TPSA) is 66.9 Å². The van der Waals surface area contributed by atoms with Crippen molar-refractivity contribution in [2.45, 2.75) is 24.8 Å². The number of hydrogen-bond donors (Lipinski definition) is 0. The third kappa shape index (κ3) is 5.20. The maximum atomic E-state index is 13.2. The molecule has 0 saturated carbocycles. The van der Waals surface area contributed by atoms with Crippen molar-refractivity contribution in [1.29, 1.82) is 0 Å². The Morgan fingerprint density at radius 1 is 1.00 bits per heavy atom. The highest BCUT2D eigenvalue weighted by molar-refractivity contribution is 7.90. The fraction of sp³-hybridized carbons (Fsp3) is 0.381. The van der Waals surface area contributed by atoms with Crippen molar-refractivity contribution in [1.82, 2.24) is 4.90 Å². The van der Waals surface area contributed by atoms with Crippen LogP contribution in [0.1, 0.15) is 24.2 Å². The average molecular weight is 471 g/mol. The van der Waals surface area contributed by atoms with Crippen LogP contribution in [-0.4, -0.2) is 57.8 Å². The number of rotatable bonds is 5. The van der Waals surface area contributed by atoms with E-state index < -0.39 is 9.84 Å². The van der Waals surface area contributed by atoms with Gasteiger partial charge in [-0.15, -0.1) is 0 Å². The maximum Gasteiger partial charge on any atom is 0.257 e. The van der Waals surface area contributed by atoms with Crippen LogP contribution in [0.5, 0.6) is 5.75 Å². The van der Waals surface area contributed by atoms with Crippen molar-refractivity contribution < 1.29 is 17.9 Å². The number of carbonyl (C=O) groups excluding carboxylic acids is 1. The summed E-state index contributed by atoms with van der Waals surface area (Å²) in [4.78, 5) is 17.2. The van der Waals surface area contributed by atoms with Gasteiger partial charge in [-0.3, -0.25) is 4.79 Å². The fourth-order valence-corrected chi connectivity index (χ4v) is 4.22. The number of amides is 1. The molecule has 0 radical (unpaired) electrons. The lowest BCUT2D eigenvalue weighted by atomic mass is 10.1. The molecule has 162 valence electrons. The van der Waals surface area contributed by atoms with Crippen molar-refractivity contribution in [2.75, 3.05) is 37.3 Å². The summed E-state index contributed by atoms with van der Waals surface area (Å²) < 4.78 is 29.7. The summed E-state index contributed by atoms with van der Waals surface area (Å²) in [6.45, 7) is 5.93. The van der Waals surface area contributed by atoms with E-state index in [1.54, 1.807) is 17.0 Å². The number of hydrogen-bond acceptors (Lipinski definition) is 5. The van der Waals surface area contributed by atoms with Crippen molar-refractivity contribution in [3.63, 3.8) is 0 Å². The van der Waals surface area contributed by atoms with E-state index in [1.165, 1.54) is 12.1 Å². The summed E-state index contributed by atoms with van der Waals surface area (Å²) in [6, 6.07) is 9.88. The number of anilines is 1. The maximum absolute atomic E-state index is 13.2. The van der Waals surface area contributed by atoms with E-state index in [1.807, 2.05) is 26.0 Å². The lowest BCUT2D eigenvalue weighted by Crippen LogP contribution is -2.48. The molecule has 2 aromatic rings. The number of nitrogens with zero attached hydrogens (tertiary/aromatic N) is 2. The molecule has 30 heavy (non-hydrogen) atoms. The van der Waals surface area contributed by atoms with E-state index in [0.717, 1.165) is 11.9 Å². The molecule has 0 atom stereocenters. The molecule has 1 saturated heterocycles. The van der Waals surface area contributed by atoms with Gasteiger partial charge in [0.05, 0.1) is 26.6 Å². The highest BCUT2D eigenvalue weighted by Crippen LogP contribution is 2.29. The van der Waals surface area contributed by atoms with Crippen LogP contribution in [-0.2, 0) is 9.84 Å². The minimum atomic E-state index is -3.45. The van der Waals surface area contributed by atoms with Gasteiger partial charge in [0, 0.05) is 38.1 Å². The Morgan fingerprint density at radius 3 is 2.23 bits per heavy atom. The molecule has 2 aromatic carbocycles. The second-order valence-corrected chi connectivity index (χ2v) is 10.3. The van der Waals surface area contributed by atoms with Crippen LogP contribution < -0.4 is 9.64 Å². The fourth-order valence-electron chi connectivity index (χ4n) is 3.28. The molecule has 3 rings (SSSR count). The first-order valence-electron chi connectivity index (χ1n) is 9.56. The van der Waals surface area contributed by atoms with Gasteiger partial charge in [0.25, 0.3) is 5.91 Å². The molecule has 1 amide bonds. The van der Waals surface area contributed by atoms with Gasteiger partial charge >= 0.3 is 0 Å². The second-order valence-electron chi connectivity index (χ2n) is 7.47. The zero-order valence-corrected chi connectivity index (χ0v) is 19.4. The quantitative estimate of drug-likeness (QED) is 0.656. The molecule has 1 fully saturated rings. The van der Waals surface area contributed by atoms with Crippen molar-refractivity contribution in [3.8, 4) is 5.75 Å². The van der Waals surface area contributed by atoms with Crippen LogP contribution in [0.15, 0.2) is 41.3 Å². The molecular weight excluding hydrogens is 447 g/mol. The van der Waals surface area contributed by atoms with Gasteiger partial charge in [0.1, 0.15) is 5.75 Å². The highest BCUT2D eigenvalue weighted by Gasteiger charge is 2.26. The summed E-state index contributed by atoms with van der Waals surface area (Å²) in [5, 5.41) is 0.985. The number of sulfone groups is 1. The minimum Gasteiger partial charge on any atom is -0.490 e. The van der Waals surface area contributed by atoms with E-state index in [0.29, 0.717) is 42.0 Å². The number of halogens is 2. The molecule has 1 aliphatic heterocycles. The number of benzene rings is 2. The van der Waals surface area contributed by atoms with Crippen LogP contribution in [0.3, 0.4) is 0 Å². The molecule has 6 nitrogen and oxygen atoms in total. The first-order valence-corrected chi connectivity index (χ1v) is 12.2. The van der Waals surface area contributed by atoms with Gasteiger partial charge in [-0.2, -0.15) is 0 Å². The Morgan fingerprint density at radius 2 is 1.67 bits per heavy atom. The molecule has 0 unspecified atom stereocenters. The molecule has 1 heterocycles. The van der Waals surface area contributed by atoms with Gasteiger partial charge in [-0.1, -0.05) is 23.2 Å². The molecule has 0 bridgehead atoms.